The molecule has 0 unspecified atom stereocenters. The molecule has 0 saturated carbocycles. The summed E-state index contributed by atoms with van der Waals surface area (Å²) in [5.41, 5.74) is 17.5. The first-order valence-corrected chi connectivity index (χ1v) is 24.8. The van der Waals surface area contributed by atoms with E-state index in [0.29, 0.717) is 5.82 Å². The predicted octanol–water partition coefficient (Wildman–Crippen LogP) is 18.1. The van der Waals surface area contributed by atoms with Gasteiger partial charge in [-0.2, -0.15) is 0 Å². The Bertz CT molecular complexity index is 4600. The quantitative estimate of drug-likeness (QED) is 0.160. The molecule has 0 radical (unpaired) electrons. The van der Waals surface area contributed by atoms with Gasteiger partial charge in [-0.1, -0.05) is 182 Å². The number of aromatic nitrogens is 4. The maximum Gasteiger partial charge on any atom is 0.160 e. The third-order valence-electron chi connectivity index (χ3n) is 14.7. The van der Waals surface area contributed by atoms with Crippen LogP contribution < -0.4 is 0 Å². The number of fused-ring (bicyclic) bond motifs is 11. The molecule has 340 valence electrons. The standard InChI is InChI=1S/C68H42N4O/c1-4-18-44(19-5-1)59-42-60(45-20-6-2-7-21-45)70-68(69-59)49-24-16-23-48(38-49)58-39-50(47-32-31-43-17-10-11-22-46(43)37-47)40-64-65(58)57-34-33-52(41-63(57)73-64)72-62-30-15-13-28-54(62)56-36-35-55-53-27-12-14-29-61(53)71(66(55)67(56)72)51-25-8-3-9-26-51/h1-42H. The molecule has 4 heterocycles. The van der Waals surface area contributed by atoms with Crippen LogP contribution in [-0.2, 0) is 0 Å². The minimum absolute atomic E-state index is 0.664. The van der Waals surface area contributed by atoms with Crippen LogP contribution in [0.15, 0.2) is 259 Å². The highest BCUT2D eigenvalue weighted by Crippen LogP contribution is 2.45. The molecule has 0 N–H and O–H groups in total. The van der Waals surface area contributed by atoms with Crippen LogP contribution in [0.25, 0.3) is 144 Å². The van der Waals surface area contributed by atoms with Crippen molar-refractivity contribution in [2.45, 2.75) is 0 Å². The lowest BCUT2D eigenvalue weighted by Crippen LogP contribution is -1.98. The summed E-state index contributed by atoms with van der Waals surface area (Å²) in [4.78, 5) is 10.5. The van der Waals surface area contributed by atoms with Crippen molar-refractivity contribution in [3.63, 3.8) is 0 Å². The zero-order chi connectivity index (χ0) is 48.0. The Labute approximate surface area is 420 Å². The van der Waals surface area contributed by atoms with Crippen LogP contribution >= 0.6 is 0 Å². The zero-order valence-corrected chi connectivity index (χ0v) is 39.4. The van der Waals surface area contributed by atoms with Gasteiger partial charge in [-0.25, -0.2) is 9.97 Å². The van der Waals surface area contributed by atoms with E-state index >= 15 is 0 Å². The van der Waals surface area contributed by atoms with Gasteiger partial charge in [0.25, 0.3) is 0 Å². The third kappa shape index (κ3) is 6.63. The molecule has 0 aliphatic heterocycles. The fraction of sp³-hybridized carbons (Fsp3) is 0. The summed E-state index contributed by atoms with van der Waals surface area (Å²) in [6.07, 6.45) is 0. The second-order valence-electron chi connectivity index (χ2n) is 18.9. The van der Waals surface area contributed by atoms with Crippen molar-refractivity contribution >= 4 is 76.3 Å². The predicted molar refractivity (Wildman–Crippen MR) is 303 cm³/mol. The van der Waals surface area contributed by atoms with Gasteiger partial charge >= 0.3 is 0 Å². The summed E-state index contributed by atoms with van der Waals surface area (Å²) in [5, 5.41) is 9.32. The second-order valence-corrected chi connectivity index (χ2v) is 18.9. The van der Waals surface area contributed by atoms with E-state index in [1.54, 1.807) is 0 Å². The van der Waals surface area contributed by atoms with E-state index in [-0.39, 0.29) is 0 Å². The summed E-state index contributed by atoms with van der Waals surface area (Å²) in [6.45, 7) is 0. The van der Waals surface area contributed by atoms with Crippen LogP contribution in [0.1, 0.15) is 0 Å². The fourth-order valence-corrected chi connectivity index (χ4v) is 11.3. The average molecular weight is 931 g/mol. The molecular formula is C68H42N4O. The minimum atomic E-state index is 0.664. The van der Waals surface area contributed by atoms with Crippen molar-refractivity contribution in [1.29, 1.82) is 0 Å². The van der Waals surface area contributed by atoms with Gasteiger partial charge in [-0.05, 0) is 99.8 Å². The molecule has 4 aromatic heterocycles. The molecule has 0 saturated heterocycles. The molecule has 11 aromatic carbocycles. The third-order valence-corrected chi connectivity index (χ3v) is 14.7. The summed E-state index contributed by atoms with van der Waals surface area (Å²) < 4.78 is 12.0. The van der Waals surface area contributed by atoms with Crippen molar-refractivity contribution in [3.05, 3.63) is 255 Å². The Hall–Kier alpha value is -9.84. The van der Waals surface area contributed by atoms with E-state index in [4.69, 9.17) is 14.4 Å². The minimum Gasteiger partial charge on any atom is -0.456 e. The van der Waals surface area contributed by atoms with Gasteiger partial charge in [0.15, 0.2) is 5.82 Å². The Morgan fingerprint density at radius 1 is 0.301 bits per heavy atom. The van der Waals surface area contributed by atoms with Gasteiger partial charge in [0.05, 0.1) is 39.1 Å². The van der Waals surface area contributed by atoms with Crippen molar-refractivity contribution in [3.8, 4) is 67.5 Å². The molecule has 5 heteroatoms. The average Bonchev–Trinajstić information content (AvgIpc) is 4.13. The molecule has 15 rings (SSSR count). The van der Waals surface area contributed by atoms with Gasteiger partial charge in [-0.15, -0.1) is 0 Å². The molecule has 5 nitrogen and oxygen atoms in total. The van der Waals surface area contributed by atoms with Gasteiger partial charge in [0, 0.05) is 60.8 Å². The highest BCUT2D eigenvalue weighted by Gasteiger charge is 2.23. The number of para-hydroxylation sites is 3. The van der Waals surface area contributed by atoms with Gasteiger partial charge in [0.1, 0.15) is 11.2 Å². The summed E-state index contributed by atoms with van der Waals surface area (Å²) in [5.74, 6) is 0.664. The maximum absolute atomic E-state index is 7.16. The van der Waals surface area contributed by atoms with E-state index < -0.39 is 0 Å². The topological polar surface area (TPSA) is 48.8 Å². The molecule has 0 bridgehead atoms. The smallest absolute Gasteiger partial charge is 0.160 e. The van der Waals surface area contributed by atoms with Crippen LogP contribution in [-0.4, -0.2) is 19.1 Å². The summed E-state index contributed by atoms with van der Waals surface area (Å²) in [6, 6.07) is 90.9. The first-order valence-electron chi connectivity index (χ1n) is 24.8. The van der Waals surface area contributed by atoms with Gasteiger partial charge in [-0.3, -0.25) is 0 Å². The van der Waals surface area contributed by atoms with Crippen molar-refractivity contribution < 1.29 is 4.42 Å². The highest BCUT2D eigenvalue weighted by atomic mass is 16.3. The Kier molecular flexibility index (Phi) is 9.19. The van der Waals surface area contributed by atoms with Gasteiger partial charge in [0.2, 0.25) is 0 Å². The second kappa shape index (κ2) is 16.4. The molecule has 0 fully saturated rings. The molecular weight excluding hydrogens is 889 g/mol. The lowest BCUT2D eigenvalue weighted by molar-refractivity contribution is 0.669. The zero-order valence-electron chi connectivity index (χ0n) is 39.4. The summed E-state index contributed by atoms with van der Waals surface area (Å²) >= 11 is 0. The highest BCUT2D eigenvalue weighted by molar-refractivity contribution is 6.24. The largest absolute Gasteiger partial charge is 0.456 e. The van der Waals surface area contributed by atoms with Crippen molar-refractivity contribution in [2.24, 2.45) is 0 Å². The number of nitrogens with zero attached hydrogens (tertiary/aromatic N) is 4. The van der Waals surface area contributed by atoms with E-state index in [2.05, 4.69) is 252 Å². The monoisotopic (exact) mass is 930 g/mol. The fourth-order valence-electron chi connectivity index (χ4n) is 11.3. The van der Waals surface area contributed by atoms with E-state index in [0.717, 1.165) is 94.7 Å². The molecule has 73 heavy (non-hydrogen) atoms. The molecule has 15 aromatic rings. The van der Waals surface area contributed by atoms with Crippen LogP contribution in [0, 0.1) is 0 Å². The van der Waals surface area contributed by atoms with E-state index in [1.807, 2.05) is 12.1 Å². The molecule has 0 spiro atoms. The van der Waals surface area contributed by atoms with Gasteiger partial charge < -0.3 is 13.6 Å². The molecule has 0 aliphatic rings. The Balaban J connectivity index is 0.964. The molecule has 0 amide bonds. The number of furan rings is 1. The SMILES string of the molecule is c1ccc(-c2cc(-c3ccccc3)nc(-c3cccc(-c4cc(-c5ccc6ccccc6c5)cc5oc6cc(-n7c8ccccc8c8ccc9c%10ccccc%10n(-c%10ccccc%10)c9c87)ccc6c45)c3)n2)cc1. The Morgan fingerprint density at radius 2 is 0.863 bits per heavy atom. The Morgan fingerprint density at radius 3 is 1.55 bits per heavy atom. The van der Waals surface area contributed by atoms with Crippen molar-refractivity contribution in [1.82, 2.24) is 19.1 Å². The van der Waals surface area contributed by atoms with Crippen LogP contribution in [0.2, 0.25) is 0 Å². The molecule has 0 atom stereocenters. The lowest BCUT2D eigenvalue weighted by atomic mass is 9.93. The maximum atomic E-state index is 7.16. The number of hydrogen-bond donors (Lipinski definition) is 0. The van der Waals surface area contributed by atoms with Crippen LogP contribution in [0.4, 0.5) is 0 Å². The first-order chi connectivity index (χ1) is 36.2. The number of benzene rings is 11. The van der Waals surface area contributed by atoms with Crippen LogP contribution in [0.5, 0.6) is 0 Å². The van der Waals surface area contributed by atoms with E-state index in [9.17, 15) is 0 Å². The lowest BCUT2D eigenvalue weighted by Gasteiger charge is -2.13. The number of hydrogen-bond acceptors (Lipinski definition) is 3. The normalized spacial score (nSPS) is 11.8. The van der Waals surface area contributed by atoms with Crippen LogP contribution in [0.3, 0.4) is 0 Å². The first kappa shape index (κ1) is 41.0. The summed E-state index contributed by atoms with van der Waals surface area (Å²) in [7, 11) is 0. The van der Waals surface area contributed by atoms with E-state index in [1.165, 1.54) is 43.4 Å². The molecule has 0 aliphatic carbocycles. The number of rotatable bonds is 7. The van der Waals surface area contributed by atoms with Crippen molar-refractivity contribution in [2.75, 3.05) is 0 Å².